The Bertz CT molecular complexity index is 1360. The van der Waals surface area contributed by atoms with E-state index < -0.39 is 0 Å². The fraction of sp³-hybridized carbons (Fsp3) is 0.276. The molecule has 0 saturated carbocycles. The first-order valence-corrected chi connectivity index (χ1v) is 12.6. The van der Waals surface area contributed by atoms with E-state index in [2.05, 4.69) is 22.4 Å². The molecule has 2 aromatic heterocycles. The molecule has 3 heterocycles. The lowest BCUT2D eigenvalue weighted by molar-refractivity contribution is 0.0624. The molecular formula is C29H31N5O2. The van der Waals surface area contributed by atoms with Gasteiger partial charge in [-0.25, -0.2) is 4.98 Å². The zero-order valence-electron chi connectivity index (χ0n) is 20.4. The minimum atomic E-state index is 0.000734. The highest BCUT2D eigenvalue weighted by molar-refractivity contribution is 6.09. The van der Waals surface area contributed by atoms with Crippen molar-refractivity contribution in [2.45, 2.75) is 32.2 Å². The Balaban J connectivity index is 1.61. The van der Waals surface area contributed by atoms with Crippen molar-refractivity contribution in [1.29, 1.82) is 0 Å². The molecule has 5 rings (SSSR count). The number of carbonyl (C=O) groups excluding carboxylic acids is 1. The van der Waals surface area contributed by atoms with E-state index in [1.54, 1.807) is 24.3 Å². The number of aromatic nitrogens is 3. The van der Waals surface area contributed by atoms with Crippen LogP contribution in [-0.2, 0) is 0 Å². The number of pyridine rings is 1. The number of piperazine rings is 1. The Labute approximate surface area is 210 Å². The summed E-state index contributed by atoms with van der Waals surface area (Å²) in [6.07, 6.45) is 7.11. The van der Waals surface area contributed by atoms with Crippen LogP contribution in [0, 0.1) is 0 Å². The van der Waals surface area contributed by atoms with Crippen molar-refractivity contribution < 1.29 is 9.90 Å². The number of H-pyrrole nitrogens is 1. The Morgan fingerprint density at radius 2 is 1.94 bits per heavy atom. The first kappa shape index (κ1) is 23.8. The number of hydrogen-bond donors (Lipinski definition) is 3. The van der Waals surface area contributed by atoms with Crippen LogP contribution in [0.3, 0.4) is 0 Å². The standard InChI is InChI=1S/C29H31N5O2/c1-2-3-9-22-19-30-16-17-34(22)29(36)24-18-26(21-11-13-23(35)14-12-21)31-28-27(24)25(32-33-28)15-10-20-7-5-4-6-8-20/h4-8,10-15,18,22,30,35H,2-3,9,16-17,19H2,1H3,(H,31,32,33)/b15-10+/t22-/m1/s1. The number of unbranched alkanes of at least 4 members (excludes halogenated alkanes) is 1. The Morgan fingerprint density at radius 1 is 1.14 bits per heavy atom. The van der Waals surface area contributed by atoms with Gasteiger partial charge in [0.15, 0.2) is 5.65 Å². The Morgan fingerprint density at radius 3 is 2.72 bits per heavy atom. The number of phenolic OH excluding ortho intramolecular Hbond substituents is 1. The van der Waals surface area contributed by atoms with Gasteiger partial charge in [0.25, 0.3) is 5.91 Å². The smallest absolute Gasteiger partial charge is 0.255 e. The summed E-state index contributed by atoms with van der Waals surface area (Å²) >= 11 is 0. The molecule has 1 aliphatic heterocycles. The van der Waals surface area contributed by atoms with E-state index in [-0.39, 0.29) is 17.7 Å². The second-order valence-corrected chi connectivity index (χ2v) is 9.18. The summed E-state index contributed by atoms with van der Waals surface area (Å²) in [5.41, 5.74) is 4.36. The molecule has 0 spiro atoms. The highest BCUT2D eigenvalue weighted by atomic mass is 16.3. The van der Waals surface area contributed by atoms with Crippen molar-refractivity contribution in [3.8, 4) is 17.0 Å². The van der Waals surface area contributed by atoms with Crippen molar-refractivity contribution in [1.82, 2.24) is 25.4 Å². The third-order valence-electron chi connectivity index (χ3n) is 6.69. The molecule has 0 unspecified atom stereocenters. The zero-order chi connectivity index (χ0) is 24.9. The molecule has 1 amide bonds. The lowest BCUT2D eigenvalue weighted by atomic mass is 10.0. The van der Waals surface area contributed by atoms with Crippen LogP contribution in [0.25, 0.3) is 34.4 Å². The van der Waals surface area contributed by atoms with E-state index >= 15 is 0 Å². The third-order valence-corrected chi connectivity index (χ3v) is 6.69. The first-order chi connectivity index (χ1) is 17.6. The number of hydrogen-bond acceptors (Lipinski definition) is 5. The fourth-order valence-electron chi connectivity index (χ4n) is 4.74. The molecular weight excluding hydrogens is 450 g/mol. The van der Waals surface area contributed by atoms with E-state index in [1.807, 2.05) is 53.5 Å². The lowest BCUT2D eigenvalue weighted by Gasteiger charge is -2.36. The molecule has 0 aliphatic carbocycles. The average Bonchev–Trinajstić information content (AvgIpc) is 3.34. The third kappa shape index (κ3) is 5.02. The highest BCUT2D eigenvalue weighted by Crippen LogP contribution is 2.30. The number of phenols is 1. The summed E-state index contributed by atoms with van der Waals surface area (Å²) in [4.78, 5) is 20.9. The number of aromatic hydroxyl groups is 1. The van der Waals surface area contributed by atoms with Crippen LogP contribution in [-0.4, -0.2) is 56.8 Å². The van der Waals surface area contributed by atoms with Gasteiger partial charge in [0.05, 0.1) is 22.3 Å². The summed E-state index contributed by atoms with van der Waals surface area (Å²) in [7, 11) is 0. The largest absolute Gasteiger partial charge is 0.508 e. The van der Waals surface area contributed by atoms with Crippen LogP contribution >= 0.6 is 0 Å². The number of benzene rings is 2. The lowest BCUT2D eigenvalue weighted by Crippen LogP contribution is -2.53. The van der Waals surface area contributed by atoms with Gasteiger partial charge in [0.2, 0.25) is 0 Å². The molecule has 4 aromatic rings. The summed E-state index contributed by atoms with van der Waals surface area (Å²) in [5.74, 6) is 0.185. The van der Waals surface area contributed by atoms with Crippen LogP contribution in [0.2, 0.25) is 0 Å². The van der Waals surface area contributed by atoms with Crippen molar-refractivity contribution in [2.24, 2.45) is 0 Å². The van der Waals surface area contributed by atoms with Gasteiger partial charge in [0, 0.05) is 31.2 Å². The molecule has 2 aromatic carbocycles. The van der Waals surface area contributed by atoms with Gasteiger partial charge in [0.1, 0.15) is 5.75 Å². The minimum absolute atomic E-state index is 0.000734. The van der Waals surface area contributed by atoms with E-state index in [9.17, 15) is 9.90 Å². The fourth-order valence-corrected chi connectivity index (χ4v) is 4.74. The molecule has 1 saturated heterocycles. The van der Waals surface area contributed by atoms with Crippen LogP contribution < -0.4 is 5.32 Å². The molecule has 36 heavy (non-hydrogen) atoms. The quantitative estimate of drug-likeness (QED) is 0.341. The molecule has 0 bridgehead atoms. The predicted molar refractivity (Wildman–Crippen MR) is 144 cm³/mol. The monoisotopic (exact) mass is 481 g/mol. The number of nitrogens with one attached hydrogen (secondary N) is 2. The van der Waals surface area contributed by atoms with Crippen molar-refractivity contribution in [3.63, 3.8) is 0 Å². The van der Waals surface area contributed by atoms with Crippen molar-refractivity contribution in [2.75, 3.05) is 19.6 Å². The predicted octanol–water partition coefficient (Wildman–Crippen LogP) is 5.11. The van der Waals surface area contributed by atoms with E-state index in [0.717, 1.165) is 54.6 Å². The number of fused-ring (bicyclic) bond motifs is 1. The topological polar surface area (TPSA) is 94.1 Å². The van der Waals surface area contributed by atoms with E-state index in [1.165, 1.54) is 0 Å². The van der Waals surface area contributed by atoms with Gasteiger partial charge in [-0.2, -0.15) is 5.10 Å². The number of carbonyl (C=O) groups is 1. The van der Waals surface area contributed by atoms with Crippen LogP contribution in [0.15, 0.2) is 60.7 Å². The second-order valence-electron chi connectivity index (χ2n) is 9.18. The van der Waals surface area contributed by atoms with Gasteiger partial charge < -0.3 is 15.3 Å². The second kappa shape index (κ2) is 10.7. The number of rotatable bonds is 7. The minimum Gasteiger partial charge on any atom is -0.508 e. The van der Waals surface area contributed by atoms with Gasteiger partial charge in [-0.05, 0) is 48.4 Å². The maximum Gasteiger partial charge on any atom is 0.255 e. The van der Waals surface area contributed by atoms with Crippen molar-refractivity contribution >= 4 is 29.1 Å². The molecule has 1 atom stereocenters. The van der Waals surface area contributed by atoms with Crippen LogP contribution in [0.5, 0.6) is 5.75 Å². The number of nitrogens with zero attached hydrogens (tertiary/aromatic N) is 3. The first-order valence-electron chi connectivity index (χ1n) is 12.6. The maximum absolute atomic E-state index is 14.1. The SMILES string of the molecule is CCCC[C@@H]1CNCCN1C(=O)c1cc(-c2ccc(O)cc2)nc2n[nH]c(/C=C/c3ccccc3)c12. The van der Waals surface area contributed by atoms with Crippen LogP contribution in [0.1, 0.15) is 47.8 Å². The van der Waals surface area contributed by atoms with Gasteiger partial charge in [-0.3, -0.25) is 9.89 Å². The van der Waals surface area contributed by atoms with Crippen LogP contribution in [0.4, 0.5) is 0 Å². The maximum atomic E-state index is 14.1. The van der Waals surface area contributed by atoms with Gasteiger partial charge in [-0.1, -0.05) is 56.2 Å². The summed E-state index contributed by atoms with van der Waals surface area (Å²) in [5, 5.41) is 21.5. The molecule has 1 fully saturated rings. The number of amides is 1. The highest BCUT2D eigenvalue weighted by Gasteiger charge is 2.29. The summed E-state index contributed by atoms with van der Waals surface area (Å²) in [6, 6.07) is 18.9. The molecule has 7 nitrogen and oxygen atoms in total. The molecule has 7 heteroatoms. The van der Waals surface area contributed by atoms with Gasteiger partial charge in [-0.15, -0.1) is 0 Å². The Kier molecular flexibility index (Phi) is 7.09. The molecule has 0 radical (unpaired) electrons. The number of aromatic amines is 1. The average molecular weight is 482 g/mol. The normalized spacial score (nSPS) is 16.1. The Hall–Kier alpha value is -3.97. The van der Waals surface area contributed by atoms with Crippen molar-refractivity contribution in [3.05, 3.63) is 77.5 Å². The summed E-state index contributed by atoms with van der Waals surface area (Å²) in [6.45, 7) is 4.42. The molecule has 184 valence electrons. The van der Waals surface area contributed by atoms with E-state index in [0.29, 0.717) is 23.4 Å². The summed E-state index contributed by atoms with van der Waals surface area (Å²) < 4.78 is 0. The van der Waals surface area contributed by atoms with E-state index in [4.69, 9.17) is 4.98 Å². The molecule has 3 N–H and O–H groups in total. The zero-order valence-corrected chi connectivity index (χ0v) is 20.4. The molecule has 1 aliphatic rings. The van der Waals surface area contributed by atoms with Gasteiger partial charge >= 0.3 is 0 Å².